The van der Waals surface area contributed by atoms with Gasteiger partial charge in [0.25, 0.3) is 0 Å². The highest BCUT2D eigenvalue weighted by Crippen LogP contribution is 2.27. The Bertz CT molecular complexity index is 1470. The molecule has 2 amide bonds. The Morgan fingerprint density at radius 1 is 0.913 bits per heavy atom. The number of carbonyl (C=O) groups is 4. The van der Waals surface area contributed by atoms with E-state index in [1.54, 1.807) is 6.92 Å². The van der Waals surface area contributed by atoms with Crippen molar-refractivity contribution in [2.24, 2.45) is 17.8 Å². The molecule has 8 nitrogen and oxygen atoms in total. The summed E-state index contributed by atoms with van der Waals surface area (Å²) in [6.07, 6.45) is 2.54. The third kappa shape index (κ3) is 10.2. The molecule has 0 heterocycles. The summed E-state index contributed by atoms with van der Waals surface area (Å²) in [4.78, 5) is 53.2. The number of rotatable bonds is 15. The Hall–Kier alpha value is -4.04. The summed E-state index contributed by atoms with van der Waals surface area (Å²) in [5.74, 6) is -1.16. The number of hydrogen-bond donors (Lipinski definition) is 3. The number of hydrogen-bond acceptors (Lipinski definition) is 6. The lowest BCUT2D eigenvalue weighted by molar-refractivity contribution is -0.132. The van der Waals surface area contributed by atoms with Crippen LogP contribution >= 0.6 is 0 Å². The fourth-order valence-electron chi connectivity index (χ4n) is 6.37. The molecule has 0 aromatic heterocycles. The fraction of sp³-hybridized carbons (Fsp3) is 0.474. The van der Waals surface area contributed by atoms with Crippen molar-refractivity contribution in [3.63, 3.8) is 0 Å². The summed E-state index contributed by atoms with van der Waals surface area (Å²) < 4.78 is 5.47. The maximum Gasteiger partial charge on any atom is 0.408 e. The van der Waals surface area contributed by atoms with Crippen molar-refractivity contribution < 1.29 is 29.0 Å². The van der Waals surface area contributed by atoms with Gasteiger partial charge in [0, 0.05) is 31.1 Å². The van der Waals surface area contributed by atoms with E-state index in [2.05, 4.69) is 10.6 Å². The molecule has 1 saturated carbocycles. The van der Waals surface area contributed by atoms with Crippen molar-refractivity contribution in [3.8, 4) is 0 Å². The van der Waals surface area contributed by atoms with Crippen molar-refractivity contribution in [1.82, 2.24) is 10.6 Å². The van der Waals surface area contributed by atoms with Crippen LogP contribution in [0.2, 0.25) is 0 Å². The zero-order valence-corrected chi connectivity index (χ0v) is 27.2. The molecule has 3 aromatic rings. The van der Waals surface area contributed by atoms with Crippen LogP contribution in [0.3, 0.4) is 0 Å². The highest BCUT2D eigenvalue weighted by molar-refractivity contribution is 5.93. The second-order valence-corrected chi connectivity index (χ2v) is 13.1. The molecular weight excluding hydrogens is 580 g/mol. The predicted molar refractivity (Wildman–Crippen MR) is 179 cm³/mol. The van der Waals surface area contributed by atoms with Gasteiger partial charge in [0.15, 0.2) is 5.78 Å². The maximum absolute atomic E-state index is 14.0. The predicted octanol–water partition coefficient (Wildman–Crippen LogP) is 6.31. The summed E-state index contributed by atoms with van der Waals surface area (Å²) in [7, 11) is 0. The Labute approximate surface area is 272 Å². The van der Waals surface area contributed by atoms with E-state index in [0.717, 1.165) is 41.2 Å². The van der Waals surface area contributed by atoms with Crippen molar-refractivity contribution in [1.29, 1.82) is 0 Å². The number of fused-ring (bicyclic) bond motifs is 1. The zero-order valence-electron chi connectivity index (χ0n) is 27.2. The number of ether oxygens (including phenoxy) is 1. The second-order valence-electron chi connectivity index (χ2n) is 13.1. The number of carbonyl (C=O) groups excluding carboxylic acids is 4. The van der Waals surface area contributed by atoms with Gasteiger partial charge in [0.1, 0.15) is 12.4 Å². The molecule has 246 valence electrons. The molecular formula is C38H48N2O6. The molecule has 1 fully saturated rings. The first-order valence-corrected chi connectivity index (χ1v) is 16.6. The highest BCUT2D eigenvalue weighted by atomic mass is 16.5. The van der Waals surface area contributed by atoms with Crippen LogP contribution in [0.15, 0.2) is 72.8 Å². The van der Waals surface area contributed by atoms with Crippen LogP contribution in [0.4, 0.5) is 4.79 Å². The zero-order chi connectivity index (χ0) is 33.1. The number of aliphatic hydroxyl groups excluding tert-OH is 1. The van der Waals surface area contributed by atoms with E-state index >= 15 is 0 Å². The molecule has 4 rings (SSSR count). The molecule has 3 N–H and O–H groups in total. The van der Waals surface area contributed by atoms with E-state index in [-0.39, 0.29) is 48.8 Å². The first-order valence-electron chi connectivity index (χ1n) is 16.6. The van der Waals surface area contributed by atoms with Gasteiger partial charge in [-0.3, -0.25) is 14.4 Å². The Morgan fingerprint density at radius 3 is 2.35 bits per heavy atom. The van der Waals surface area contributed by atoms with Gasteiger partial charge in [-0.1, -0.05) is 93.1 Å². The average molecular weight is 629 g/mol. The normalized spacial score (nSPS) is 17.6. The van der Waals surface area contributed by atoms with Crippen LogP contribution in [0.5, 0.6) is 0 Å². The second kappa shape index (κ2) is 17.0. The number of alkyl carbamates (subject to hydrolysis) is 1. The first kappa shape index (κ1) is 34.8. The molecule has 8 heteroatoms. The van der Waals surface area contributed by atoms with Crippen molar-refractivity contribution in [2.45, 2.75) is 96.9 Å². The van der Waals surface area contributed by atoms with Crippen LogP contribution < -0.4 is 10.6 Å². The number of aliphatic hydroxyl groups is 1. The first-order chi connectivity index (χ1) is 22.1. The van der Waals surface area contributed by atoms with Crippen LogP contribution in [-0.2, 0) is 32.1 Å². The van der Waals surface area contributed by atoms with Gasteiger partial charge in [0.2, 0.25) is 5.91 Å². The van der Waals surface area contributed by atoms with E-state index in [9.17, 15) is 24.3 Å². The minimum absolute atomic E-state index is 0.0600. The van der Waals surface area contributed by atoms with Crippen LogP contribution in [-0.4, -0.2) is 46.9 Å². The third-order valence-corrected chi connectivity index (χ3v) is 8.90. The van der Waals surface area contributed by atoms with Crippen LogP contribution in [0.1, 0.15) is 76.8 Å². The quantitative estimate of drug-likeness (QED) is 0.181. The number of amides is 2. The monoisotopic (exact) mass is 628 g/mol. The number of nitrogens with one attached hydrogen (secondary N) is 2. The van der Waals surface area contributed by atoms with Crippen molar-refractivity contribution >= 4 is 34.3 Å². The molecule has 1 aliphatic carbocycles. The molecule has 1 unspecified atom stereocenters. The van der Waals surface area contributed by atoms with E-state index in [4.69, 9.17) is 4.74 Å². The summed E-state index contributed by atoms with van der Waals surface area (Å²) >= 11 is 0. The highest BCUT2D eigenvalue weighted by Gasteiger charge is 2.33. The maximum atomic E-state index is 14.0. The van der Waals surface area contributed by atoms with Gasteiger partial charge >= 0.3 is 6.09 Å². The Balaban J connectivity index is 1.51. The van der Waals surface area contributed by atoms with Gasteiger partial charge in [-0.2, -0.15) is 0 Å². The SMILES string of the molecule is CC(C)C[C@H](CC(=O)[C@H](Cc1cccc2ccccc12)NC(=O)OCc1ccccc1)C(=O)N[C@@H](C[C@@H]1CCCCC1=O)C(C)O. The molecule has 0 saturated heterocycles. The standard InChI is InChI=1S/C38H48N2O6/c1-25(2)20-31(37(44)39-33(26(3)41)22-30-15-8-10-19-35(30)42)23-36(43)34(40-38(45)46-24-27-12-5-4-6-13-27)21-29-17-11-16-28-14-7-9-18-32(28)29/h4-7,9,11-14,16-18,25-26,30-31,33-34,41H,8,10,15,19-24H2,1-3H3,(H,39,44)(H,40,45)/t26?,30-,31+,33-,34-/m0/s1. The van der Waals surface area contributed by atoms with Crippen LogP contribution in [0.25, 0.3) is 10.8 Å². The molecule has 0 bridgehead atoms. The topological polar surface area (TPSA) is 122 Å². The van der Waals surface area contributed by atoms with Gasteiger partial charge in [-0.05, 0) is 60.4 Å². The Morgan fingerprint density at radius 2 is 1.63 bits per heavy atom. The van der Waals surface area contributed by atoms with E-state index in [0.29, 0.717) is 19.3 Å². The van der Waals surface area contributed by atoms with Crippen LogP contribution in [0, 0.1) is 17.8 Å². The average Bonchev–Trinajstić information content (AvgIpc) is 3.04. The summed E-state index contributed by atoms with van der Waals surface area (Å²) in [5.41, 5.74) is 1.72. The summed E-state index contributed by atoms with van der Waals surface area (Å²) in [5, 5.41) is 18.3. The lowest BCUT2D eigenvalue weighted by Gasteiger charge is -2.30. The number of benzene rings is 3. The van der Waals surface area contributed by atoms with Gasteiger partial charge in [-0.25, -0.2) is 4.79 Å². The molecule has 1 aliphatic rings. The smallest absolute Gasteiger partial charge is 0.408 e. The van der Waals surface area contributed by atoms with E-state index in [1.165, 1.54) is 0 Å². The van der Waals surface area contributed by atoms with E-state index < -0.39 is 30.2 Å². The minimum atomic E-state index is -0.927. The molecule has 0 aliphatic heterocycles. The molecule has 5 atom stereocenters. The summed E-state index contributed by atoms with van der Waals surface area (Å²) in [6.45, 7) is 5.66. The van der Waals surface area contributed by atoms with Gasteiger partial charge in [0.05, 0.1) is 18.2 Å². The molecule has 0 radical (unpaired) electrons. The largest absolute Gasteiger partial charge is 0.445 e. The van der Waals surface area contributed by atoms with Gasteiger partial charge in [-0.15, -0.1) is 0 Å². The molecule has 0 spiro atoms. The lowest BCUT2D eigenvalue weighted by Crippen LogP contribution is -2.48. The third-order valence-electron chi connectivity index (χ3n) is 8.90. The summed E-state index contributed by atoms with van der Waals surface area (Å²) in [6, 6.07) is 21.5. The lowest BCUT2D eigenvalue weighted by atomic mass is 9.82. The Kier molecular flexibility index (Phi) is 12.9. The molecule has 46 heavy (non-hydrogen) atoms. The minimum Gasteiger partial charge on any atom is -0.445 e. The van der Waals surface area contributed by atoms with Crippen molar-refractivity contribution in [3.05, 3.63) is 83.9 Å². The van der Waals surface area contributed by atoms with Gasteiger partial charge < -0.3 is 20.5 Å². The number of Topliss-reactive ketones (excluding diaryl/α,β-unsaturated/α-hetero) is 2. The fourth-order valence-corrected chi connectivity index (χ4v) is 6.37. The number of ketones is 2. The molecule has 3 aromatic carbocycles. The van der Waals surface area contributed by atoms with Crippen molar-refractivity contribution in [2.75, 3.05) is 0 Å². The van der Waals surface area contributed by atoms with E-state index in [1.807, 2.05) is 86.6 Å².